The Bertz CT molecular complexity index is 2640. The summed E-state index contributed by atoms with van der Waals surface area (Å²) in [4.78, 5) is 41.4. The molecule has 4 heterocycles. The highest BCUT2D eigenvalue weighted by atomic mass is 35.5. The number of nitrogens with zero attached hydrogens (tertiary/aromatic N) is 8. The Hall–Kier alpha value is -6.38. The van der Waals surface area contributed by atoms with Crippen molar-refractivity contribution in [2.45, 2.75) is 94.1 Å². The van der Waals surface area contributed by atoms with Crippen LogP contribution in [-0.2, 0) is 29.4 Å². The van der Waals surface area contributed by atoms with Crippen molar-refractivity contribution in [1.29, 1.82) is 0 Å². The lowest BCUT2D eigenvalue weighted by molar-refractivity contribution is -0.142. The van der Waals surface area contributed by atoms with Crippen LogP contribution >= 0.6 is 11.6 Å². The third-order valence-electron chi connectivity index (χ3n) is 12.5. The van der Waals surface area contributed by atoms with Crippen molar-refractivity contribution in [3.05, 3.63) is 142 Å². The number of carbonyl (C=O) groups is 2. The third-order valence-corrected chi connectivity index (χ3v) is 12.7. The fraction of sp³-hybridized carbons (Fsp3) is 0.391. The van der Waals surface area contributed by atoms with E-state index in [1.165, 1.54) is 49.1 Å². The fourth-order valence-electron chi connectivity index (χ4n) is 8.71. The van der Waals surface area contributed by atoms with Gasteiger partial charge in [-0.15, -0.1) is 0 Å². The van der Waals surface area contributed by atoms with E-state index in [0.29, 0.717) is 29.3 Å². The molecule has 2 amide bonds. The van der Waals surface area contributed by atoms with Crippen LogP contribution in [0.1, 0.15) is 114 Å². The van der Waals surface area contributed by atoms with Crippen molar-refractivity contribution in [2.75, 3.05) is 13.1 Å². The third kappa shape index (κ3) is 11.5. The van der Waals surface area contributed by atoms with E-state index >= 15 is 0 Å². The van der Waals surface area contributed by atoms with Gasteiger partial charge < -0.3 is 10.6 Å². The zero-order chi connectivity index (χ0) is 48.9. The van der Waals surface area contributed by atoms with Crippen molar-refractivity contribution in [1.82, 2.24) is 50.1 Å². The SMILES string of the molecule is CC1CCC(CNC(=O)c2cn(-c3ncccn3)nc2C(F)(F)F)(c2ccc(Cl)cc2)CC1.O=C(NCC1(c2ccc(C(F)(F)F)cc2)CCCCC1)c1cn(-c2ncccn2)nc1C(F)(F)F. The number of nitrogens with one attached hydrogen (secondary N) is 2. The van der Waals surface area contributed by atoms with Gasteiger partial charge in [0.25, 0.3) is 11.8 Å². The maximum absolute atomic E-state index is 13.6. The minimum absolute atomic E-state index is 0.0263. The van der Waals surface area contributed by atoms with E-state index in [0.717, 1.165) is 84.4 Å². The number of benzene rings is 2. The number of rotatable bonds is 10. The topological polar surface area (TPSA) is 145 Å². The predicted octanol–water partition coefficient (Wildman–Crippen LogP) is 10.5. The van der Waals surface area contributed by atoms with E-state index in [9.17, 15) is 49.1 Å². The lowest BCUT2D eigenvalue weighted by atomic mass is 9.67. The molecule has 0 unspecified atom stereocenters. The van der Waals surface area contributed by atoms with Crippen LogP contribution in [0, 0.1) is 5.92 Å². The molecule has 4 aromatic heterocycles. The molecule has 2 fully saturated rings. The number of halogens is 10. The molecule has 0 atom stereocenters. The Kier molecular flexibility index (Phi) is 14.6. The summed E-state index contributed by atoms with van der Waals surface area (Å²) in [6.45, 7) is 2.37. The molecule has 8 rings (SSSR count). The van der Waals surface area contributed by atoms with Crippen molar-refractivity contribution in [3.63, 3.8) is 0 Å². The summed E-state index contributed by atoms with van der Waals surface area (Å²) in [5, 5.41) is 13.0. The lowest BCUT2D eigenvalue weighted by Gasteiger charge is -2.40. The second-order valence-electron chi connectivity index (χ2n) is 17.0. The summed E-state index contributed by atoms with van der Waals surface area (Å²) >= 11 is 6.04. The summed E-state index contributed by atoms with van der Waals surface area (Å²) in [5.74, 6) is -1.46. The first-order valence-corrected chi connectivity index (χ1v) is 21.9. The molecule has 12 nitrogen and oxygen atoms in total. The van der Waals surface area contributed by atoms with Crippen molar-refractivity contribution < 1.29 is 49.1 Å². The van der Waals surface area contributed by atoms with Gasteiger partial charge in [-0.05, 0) is 92.0 Å². The molecule has 2 aliphatic carbocycles. The van der Waals surface area contributed by atoms with Gasteiger partial charge in [-0.3, -0.25) is 9.59 Å². The maximum Gasteiger partial charge on any atom is 0.435 e. The van der Waals surface area contributed by atoms with Crippen LogP contribution in [0.2, 0.25) is 5.02 Å². The highest BCUT2D eigenvalue weighted by Gasteiger charge is 2.43. The average Bonchev–Trinajstić information content (AvgIpc) is 4.00. The van der Waals surface area contributed by atoms with Crippen LogP contribution in [0.3, 0.4) is 0 Å². The number of alkyl halides is 9. The molecule has 0 radical (unpaired) electrons. The molecule has 2 N–H and O–H groups in total. The van der Waals surface area contributed by atoms with E-state index in [1.54, 1.807) is 12.1 Å². The van der Waals surface area contributed by atoms with Gasteiger partial charge in [0.1, 0.15) is 0 Å². The average molecular weight is 975 g/mol. The number of amides is 2. The van der Waals surface area contributed by atoms with Crippen LogP contribution < -0.4 is 10.6 Å². The molecular formula is C46H44ClF9N10O2. The number of hydrogen-bond donors (Lipinski definition) is 2. The first kappa shape index (κ1) is 49.5. The lowest BCUT2D eigenvalue weighted by Crippen LogP contribution is -2.43. The Morgan fingerprint density at radius 2 is 1.00 bits per heavy atom. The minimum Gasteiger partial charge on any atom is -0.351 e. The second kappa shape index (κ2) is 20.1. The number of carbonyl (C=O) groups excluding carboxylic acids is 2. The normalized spacial score (nSPS) is 18.5. The monoisotopic (exact) mass is 974 g/mol. The van der Waals surface area contributed by atoms with Crippen molar-refractivity contribution in [3.8, 4) is 11.9 Å². The van der Waals surface area contributed by atoms with Gasteiger partial charge in [-0.1, -0.05) is 62.1 Å². The second-order valence-corrected chi connectivity index (χ2v) is 17.5. The number of hydrogen-bond acceptors (Lipinski definition) is 8. The molecule has 6 aromatic rings. The standard InChI is InChI=1S/C23H23ClF3N5O.C23H21F6N5O/c1-15-7-9-22(10-8-15,16-3-5-17(24)6-4-16)14-30-20(33)18-13-32(21-28-11-2-12-29-21)31-19(18)23(25,26)27;24-22(25,26)16-7-5-15(6-8-16)21(9-2-1-3-10-21)14-32-19(35)17-13-34(20-30-11-4-12-31-20)33-18(17)23(27,28)29/h2-6,11-13,15H,7-10,14H2,1H3,(H,30,33);4-8,11-13H,1-3,9-10,14H2,(H,32,35). The molecule has 2 aromatic carbocycles. The molecule has 0 saturated heterocycles. The quantitative estimate of drug-likeness (QED) is 0.129. The Labute approximate surface area is 388 Å². The van der Waals surface area contributed by atoms with E-state index < -0.39 is 63.8 Å². The Morgan fingerprint density at radius 3 is 1.40 bits per heavy atom. The Balaban J connectivity index is 0.000000202. The molecule has 360 valence electrons. The molecule has 0 spiro atoms. The van der Waals surface area contributed by atoms with Crippen LogP contribution in [0.15, 0.2) is 97.8 Å². The highest BCUT2D eigenvalue weighted by Crippen LogP contribution is 2.43. The molecule has 22 heteroatoms. The molecule has 0 aliphatic heterocycles. The Morgan fingerprint density at radius 1 is 0.603 bits per heavy atom. The summed E-state index contributed by atoms with van der Waals surface area (Å²) < 4.78 is 122. The summed E-state index contributed by atoms with van der Waals surface area (Å²) in [6.07, 6.45) is 0.417. The summed E-state index contributed by atoms with van der Waals surface area (Å²) in [7, 11) is 0. The van der Waals surface area contributed by atoms with Crippen LogP contribution in [-0.4, -0.2) is 64.4 Å². The van der Waals surface area contributed by atoms with Gasteiger partial charge in [0.2, 0.25) is 11.9 Å². The first-order chi connectivity index (χ1) is 32.2. The maximum atomic E-state index is 13.6. The molecular weight excluding hydrogens is 931 g/mol. The molecule has 2 saturated carbocycles. The number of aromatic nitrogens is 8. The van der Waals surface area contributed by atoms with Crippen LogP contribution in [0.5, 0.6) is 0 Å². The van der Waals surface area contributed by atoms with E-state index in [-0.39, 0.29) is 30.4 Å². The van der Waals surface area contributed by atoms with Crippen LogP contribution in [0.4, 0.5) is 39.5 Å². The smallest absolute Gasteiger partial charge is 0.351 e. The van der Waals surface area contributed by atoms with E-state index in [4.69, 9.17) is 11.6 Å². The van der Waals surface area contributed by atoms with Gasteiger partial charge in [-0.25, -0.2) is 29.3 Å². The highest BCUT2D eigenvalue weighted by molar-refractivity contribution is 6.30. The summed E-state index contributed by atoms with van der Waals surface area (Å²) in [5.41, 5.74) is -4.13. The van der Waals surface area contributed by atoms with Gasteiger partial charge in [0.05, 0.1) is 16.7 Å². The van der Waals surface area contributed by atoms with Crippen LogP contribution in [0.25, 0.3) is 11.9 Å². The van der Waals surface area contributed by atoms with E-state index in [2.05, 4.69) is 47.7 Å². The fourth-order valence-corrected chi connectivity index (χ4v) is 8.83. The predicted molar refractivity (Wildman–Crippen MR) is 230 cm³/mol. The molecule has 68 heavy (non-hydrogen) atoms. The largest absolute Gasteiger partial charge is 0.435 e. The first-order valence-electron chi connectivity index (χ1n) is 21.6. The van der Waals surface area contributed by atoms with Gasteiger partial charge in [-0.2, -0.15) is 49.7 Å². The van der Waals surface area contributed by atoms with Crippen molar-refractivity contribution >= 4 is 23.4 Å². The minimum atomic E-state index is -4.90. The molecule has 0 bridgehead atoms. The van der Waals surface area contributed by atoms with E-state index in [1.807, 2.05) is 12.1 Å². The van der Waals surface area contributed by atoms with Gasteiger partial charge in [0.15, 0.2) is 11.4 Å². The van der Waals surface area contributed by atoms with Gasteiger partial charge in [0, 0.05) is 66.1 Å². The zero-order valence-corrected chi connectivity index (χ0v) is 37.0. The van der Waals surface area contributed by atoms with Crippen molar-refractivity contribution in [2.24, 2.45) is 5.92 Å². The van der Waals surface area contributed by atoms with Gasteiger partial charge >= 0.3 is 18.5 Å². The zero-order valence-electron chi connectivity index (χ0n) is 36.3. The molecule has 2 aliphatic rings. The summed E-state index contributed by atoms with van der Waals surface area (Å²) in [6, 6.07) is 15.2.